The van der Waals surface area contributed by atoms with Crippen molar-refractivity contribution in [2.45, 2.75) is 13.5 Å². The molecule has 0 radical (unpaired) electrons. The van der Waals surface area contributed by atoms with E-state index in [0.29, 0.717) is 22.3 Å². The molecule has 0 aliphatic heterocycles. The van der Waals surface area contributed by atoms with E-state index in [2.05, 4.69) is 26.0 Å². The van der Waals surface area contributed by atoms with E-state index in [1.807, 2.05) is 19.1 Å². The van der Waals surface area contributed by atoms with E-state index in [9.17, 15) is 9.18 Å². The maximum atomic E-state index is 13.8. The minimum Gasteiger partial charge on any atom is -0.482 e. The Morgan fingerprint density at radius 2 is 2.04 bits per heavy atom. The van der Waals surface area contributed by atoms with Gasteiger partial charge in [0, 0.05) is 22.3 Å². The van der Waals surface area contributed by atoms with Crippen LogP contribution in [0.2, 0.25) is 0 Å². The van der Waals surface area contributed by atoms with Crippen LogP contribution in [0, 0.1) is 12.7 Å². The van der Waals surface area contributed by atoms with E-state index < -0.39 is 5.97 Å². The standard InChI is InChI=1S/C17H17BrFNO3/c1-11-7-14(23-10-17(21)22-2)5-6-16(11)20-9-12-3-4-13(18)8-15(12)19/h3-8,20H,9-10H2,1-2H3. The molecule has 122 valence electrons. The lowest BCUT2D eigenvalue weighted by atomic mass is 10.1. The summed E-state index contributed by atoms with van der Waals surface area (Å²) in [5, 5.41) is 3.19. The minimum atomic E-state index is -0.435. The lowest BCUT2D eigenvalue weighted by Crippen LogP contribution is -2.12. The molecule has 6 heteroatoms. The quantitative estimate of drug-likeness (QED) is 0.766. The van der Waals surface area contributed by atoms with Crippen LogP contribution >= 0.6 is 15.9 Å². The Balaban J connectivity index is 1.99. The Kier molecular flexibility index (Phi) is 5.98. The smallest absolute Gasteiger partial charge is 0.343 e. The Bertz CT molecular complexity index is 706. The highest BCUT2D eigenvalue weighted by Gasteiger charge is 2.06. The molecule has 0 bridgehead atoms. The van der Waals surface area contributed by atoms with Crippen LogP contribution in [0.15, 0.2) is 40.9 Å². The molecule has 4 nitrogen and oxygen atoms in total. The van der Waals surface area contributed by atoms with Gasteiger partial charge in [0.25, 0.3) is 0 Å². The van der Waals surface area contributed by atoms with Crippen molar-refractivity contribution in [2.24, 2.45) is 0 Å². The van der Waals surface area contributed by atoms with Crippen molar-refractivity contribution < 1.29 is 18.7 Å². The summed E-state index contributed by atoms with van der Waals surface area (Å²) in [6.45, 7) is 2.15. The molecule has 0 saturated carbocycles. The zero-order chi connectivity index (χ0) is 16.8. The van der Waals surface area contributed by atoms with Gasteiger partial charge in [-0.15, -0.1) is 0 Å². The van der Waals surface area contributed by atoms with Gasteiger partial charge in [-0.2, -0.15) is 0 Å². The van der Waals surface area contributed by atoms with Crippen molar-refractivity contribution in [1.82, 2.24) is 0 Å². The highest BCUT2D eigenvalue weighted by Crippen LogP contribution is 2.23. The molecule has 0 unspecified atom stereocenters. The van der Waals surface area contributed by atoms with Crippen LogP contribution in [0.25, 0.3) is 0 Å². The maximum absolute atomic E-state index is 13.8. The number of carbonyl (C=O) groups excluding carboxylic acids is 1. The van der Waals surface area contributed by atoms with Crippen LogP contribution in [-0.2, 0) is 16.1 Å². The fraction of sp³-hybridized carbons (Fsp3) is 0.235. The third-order valence-corrected chi connectivity index (χ3v) is 3.76. The van der Waals surface area contributed by atoms with Crippen molar-refractivity contribution in [3.05, 3.63) is 57.8 Å². The molecular weight excluding hydrogens is 365 g/mol. The van der Waals surface area contributed by atoms with Crippen molar-refractivity contribution in [2.75, 3.05) is 19.0 Å². The number of benzene rings is 2. The predicted molar refractivity (Wildman–Crippen MR) is 90.1 cm³/mol. The molecule has 2 rings (SSSR count). The second-order valence-electron chi connectivity index (χ2n) is 4.93. The zero-order valence-electron chi connectivity index (χ0n) is 12.9. The van der Waals surface area contributed by atoms with Crippen LogP contribution in [0.4, 0.5) is 10.1 Å². The second kappa shape index (κ2) is 7.97. The number of anilines is 1. The first-order valence-corrected chi connectivity index (χ1v) is 7.77. The number of rotatable bonds is 6. The van der Waals surface area contributed by atoms with E-state index >= 15 is 0 Å². The lowest BCUT2D eigenvalue weighted by Gasteiger charge is -2.12. The molecule has 0 spiro atoms. The fourth-order valence-corrected chi connectivity index (χ4v) is 2.31. The van der Waals surface area contributed by atoms with Crippen molar-refractivity contribution in [3.8, 4) is 5.75 Å². The number of hydrogen-bond acceptors (Lipinski definition) is 4. The van der Waals surface area contributed by atoms with Gasteiger partial charge in [0.05, 0.1) is 7.11 Å². The topological polar surface area (TPSA) is 47.6 Å². The molecule has 0 saturated heterocycles. The first-order valence-electron chi connectivity index (χ1n) is 6.97. The van der Waals surface area contributed by atoms with Crippen LogP contribution in [0.1, 0.15) is 11.1 Å². The van der Waals surface area contributed by atoms with Crippen molar-refractivity contribution in [1.29, 1.82) is 0 Å². The fourth-order valence-electron chi connectivity index (χ4n) is 1.98. The van der Waals surface area contributed by atoms with Gasteiger partial charge in [0.2, 0.25) is 0 Å². The second-order valence-corrected chi connectivity index (χ2v) is 5.85. The Morgan fingerprint density at radius 1 is 1.26 bits per heavy atom. The third-order valence-electron chi connectivity index (χ3n) is 3.27. The van der Waals surface area contributed by atoms with Gasteiger partial charge in [-0.05, 0) is 42.8 Å². The molecule has 0 amide bonds. The molecule has 0 aliphatic carbocycles. The molecule has 0 aromatic heterocycles. The number of ether oxygens (including phenoxy) is 2. The van der Waals surface area contributed by atoms with E-state index in [4.69, 9.17) is 4.74 Å². The first kappa shape index (κ1) is 17.3. The average Bonchev–Trinajstić information content (AvgIpc) is 2.53. The largest absolute Gasteiger partial charge is 0.482 e. The maximum Gasteiger partial charge on any atom is 0.343 e. The number of halogens is 2. The van der Waals surface area contributed by atoms with Gasteiger partial charge in [-0.1, -0.05) is 22.0 Å². The molecule has 2 aromatic rings. The van der Waals surface area contributed by atoms with Gasteiger partial charge in [0.15, 0.2) is 6.61 Å². The normalized spacial score (nSPS) is 10.3. The highest BCUT2D eigenvalue weighted by molar-refractivity contribution is 9.10. The monoisotopic (exact) mass is 381 g/mol. The van der Waals surface area contributed by atoms with Gasteiger partial charge in [-0.25, -0.2) is 9.18 Å². The number of aryl methyl sites for hydroxylation is 1. The summed E-state index contributed by atoms with van der Waals surface area (Å²) in [6, 6.07) is 10.4. The van der Waals surface area contributed by atoms with Gasteiger partial charge in [-0.3, -0.25) is 0 Å². The van der Waals surface area contributed by atoms with Gasteiger partial charge < -0.3 is 14.8 Å². The zero-order valence-corrected chi connectivity index (χ0v) is 14.4. The Labute approximate surface area is 142 Å². The molecule has 2 aromatic carbocycles. The summed E-state index contributed by atoms with van der Waals surface area (Å²) in [7, 11) is 1.31. The molecule has 0 atom stereocenters. The number of nitrogens with one attached hydrogen (secondary N) is 1. The summed E-state index contributed by atoms with van der Waals surface area (Å²) in [4.78, 5) is 11.1. The molecule has 23 heavy (non-hydrogen) atoms. The van der Waals surface area contributed by atoms with Crippen LogP contribution < -0.4 is 10.1 Å². The minimum absolute atomic E-state index is 0.132. The summed E-state index contributed by atoms with van der Waals surface area (Å²) in [6.07, 6.45) is 0. The predicted octanol–water partition coefficient (Wildman–Crippen LogP) is 4.06. The number of carbonyl (C=O) groups is 1. The summed E-state index contributed by atoms with van der Waals surface area (Å²) >= 11 is 3.23. The number of methoxy groups -OCH3 is 1. The van der Waals surface area contributed by atoms with Crippen LogP contribution in [0.3, 0.4) is 0 Å². The molecule has 0 heterocycles. The van der Waals surface area contributed by atoms with Crippen molar-refractivity contribution in [3.63, 3.8) is 0 Å². The average molecular weight is 382 g/mol. The SMILES string of the molecule is COC(=O)COc1ccc(NCc2ccc(Br)cc2F)c(C)c1. The van der Waals surface area contributed by atoms with E-state index in [0.717, 1.165) is 11.3 Å². The molecular formula is C17H17BrFNO3. The summed E-state index contributed by atoms with van der Waals surface area (Å²) in [5.41, 5.74) is 2.39. The van der Waals surface area contributed by atoms with E-state index in [1.54, 1.807) is 18.2 Å². The molecule has 0 aliphatic rings. The number of esters is 1. The Morgan fingerprint density at radius 3 is 2.70 bits per heavy atom. The molecule has 1 N–H and O–H groups in total. The number of hydrogen-bond donors (Lipinski definition) is 1. The van der Waals surface area contributed by atoms with Crippen LogP contribution in [0.5, 0.6) is 5.75 Å². The first-order chi connectivity index (χ1) is 11.0. The van der Waals surface area contributed by atoms with Gasteiger partial charge in [0.1, 0.15) is 11.6 Å². The van der Waals surface area contributed by atoms with Gasteiger partial charge >= 0.3 is 5.97 Å². The van der Waals surface area contributed by atoms with E-state index in [1.165, 1.54) is 13.2 Å². The summed E-state index contributed by atoms with van der Waals surface area (Å²) in [5.74, 6) is -0.119. The summed E-state index contributed by atoms with van der Waals surface area (Å²) < 4.78 is 24.3. The lowest BCUT2D eigenvalue weighted by molar-refractivity contribution is -0.142. The third kappa shape index (κ3) is 4.96. The molecule has 0 fully saturated rings. The van der Waals surface area contributed by atoms with Crippen LogP contribution in [-0.4, -0.2) is 19.7 Å². The van der Waals surface area contributed by atoms with Crippen molar-refractivity contribution >= 4 is 27.6 Å². The van der Waals surface area contributed by atoms with E-state index in [-0.39, 0.29) is 12.4 Å². The Hall–Kier alpha value is -2.08. The highest BCUT2D eigenvalue weighted by atomic mass is 79.9.